The van der Waals surface area contributed by atoms with Gasteiger partial charge in [0.1, 0.15) is 0 Å². The lowest BCUT2D eigenvalue weighted by Crippen LogP contribution is -2.48. The van der Waals surface area contributed by atoms with Crippen LogP contribution in [0.15, 0.2) is 24.3 Å². The minimum absolute atomic E-state index is 0.0706. The molecular weight excluding hydrogens is 310 g/mol. The van der Waals surface area contributed by atoms with Gasteiger partial charge in [0.15, 0.2) is 0 Å². The number of methoxy groups -OCH3 is 1. The Balaban J connectivity index is 2.60. The van der Waals surface area contributed by atoms with Gasteiger partial charge in [-0.15, -0.1) is 0 Å². The van der Waals surface area contributed by atoms with E-state index in [1.165, 1.54) is 14.2 Å². The van der Waals surface area contributed by atoms with Gasteiger partial charge in [-0.05, 0) is 17.7 Å². The molecule has 120 valence electrons. The molecule has 0 saturated heterocycles. The third-order valence-corrected chi connectivity index (χ3v) is 3.08. The summed E-state index contributed by atoms with van der Waals surface area (Å²) in [5.74, 6) is -0.501. The fourth-order valence-electron chi connectivity index (χ4n) is 1.61. The van der Waals surface area contributed by atoms with Crippen molar-refractivity contribution in [3.8, 4) is 0 Å². The summed E-state index contributed by atoms with van der Waals surface area (Å²) >= 11 is 5.78. The van der Waals surface area contributed by atoms with Gasteiger partial charge >= 0.3 is 18.0 Å². The lowest BCUT2D eigenvalue weighted by atomic mass is 10.2. The summed E-state index contributed by atoms with van der Waals surface area (Å²) in [5.41, 5.74) is 0.836. The van der Waals surface area contributed by atoms with Crippen LogP contribution in [0.2, 0.25) is 5.02 Å². The molecule has 1 aromatic rings. The number of nitrogens with one attached hydrogen (secondary N) is 2. The zero-order valence-corrected chi connectivity index (χ0v) is 13.1. The summed E-state index contributed by atoms with van der Waals surface area (Å²) < 4.78 is 4.49. The molecule has 0 unspecified atom stereocenters. The first-order valence-corrected chi connectivity index (χ1v) is 6.94. The van der Waals surface area contributed by atoms with Crippen LogP contribution in [0.3, 0.4) is 0 Å². The normalized spacial score (nSPS) is 9.77. The van der Waals surface area contributed by atoms with Crippen molar-refractivity contribution in [1.29, 1.82) is 0 Å². The maximum Gasteiger partial charge on any atom is 0.325 e. The predicted molar refractivity (Wildman–Crippen MR) is 81.5 cm³/mol. The van der Waals surface area contributed by atoms with E-state index in [2.05, 4.69) is 15.4 Å². The molecule has 0 spiro atoms. The Morgan fingerprint density at radius 3 is 2.36 bits per heavy atom. The number of carbonyl (C=O) groups is 3. The van der Waals surface area contributed by atoms with Crippen LogP contribution in [0, 0.1) is 0 Å². The molecule has 1 rings (SSSR count). The van der Waals surface area contributed by atoms with Gasteiger partial charge in [0.25, 0.3) is 0 Å². The molecule has 0 heterocycles. The molecule has 2 N–H and O–H groups in total. The average molecular weight is 328 g/mol. The van der Waals surface area contributed by atoms with Gasteiger partial charge in [-0.1, -0.05) is 23.7 Å². The maximum atomic E-state index is 12.1. The highest BCUT2D eigenvalue weighted by atomic mass is 35.5. The predicted octanol–water partition coefficient (Wildman–Crippen LogP) is 1.75. The standard InChI is InChI=1S/C14H18ClN3O4/c1-16-13(20)18(8-7-12(19)22-2)14(21)17-9-10-3-5-11(15)6-4-10/h3-6H,7-9H2,1-2H3,(H,16,20)(H,17,21). The lowest BCUT2D eigenvalue weighted by Gasteiger charge is -2.20. The van der Waals surface area contributed by atoms with E-state index in [1.54, 1.807) is 24.3 Å². The monoisotopic (exact) mass is 327 g/mol. The Labute approximate surface area is 133 Å². The van der Waals surface area contributed by atoms with E-state index >= 15 is 0 Å². The van der Waals surface area contributed by atoms with Crippen LogP contribution < -0.4 is 10.6 Å². The molecule has 8 heteroatoms. The van der Waals surface area contributed by atoms with Gasteiger partial charge in [0, 0.05) is 25.2 Å². The molecule has 0 aliphatic rings. The number of esters is 1. The summed E-state index contributed by atoms with van der Waals surface area (Å²) in [6, 6.07) is 5.74. The number of benzene rings is 1. The second-order valence-electron chi connectivity index (χ2n) is 4.32. The van der Waals surface area contributed by atoms with Crippen LogP contribution in [-0.4, -0.2) is 43.6 Å². The van der Waals surface area contributed by atoms with Crippen molar-refractivity contribution >= 4 is 29.6 Å². The van der Waals surface area contributed by atoms with E-state index in [0.717, 1.165) is 10.5 Å². The van der Waals surface area contributed by atoms with Crippen LogP contribution in [-0.2, 0) is 16.1 Å². The summed E-state index contributed by atoms with van der Waals surface area (Å²) in [6.45, 7) is 0.167. The van der Waals surface area contributed by atoms with Gasteiger partial charge in [0.05, 0.1) is 13.5 Å². The Bertz CT molecular complexity index is 533. The lowest BCUT2D eigenvalue weighted by molar-refractivity contribution is -0.140. The number of carbonyl (C=O) groups excluding carboxylic acids is 3. The molecule has 1 aromatic carbocycles. The summed E-state index contributed by atoms with van der Waals surface area (Å²) in [7, 11) is 2.65. The minimum Gasteiger partial charge on any atom is -0.469 e. The van der Waals surface area contributed by atoms with Gasteiger partial charge in [-0.2, -0.15) is 0 Å². The topological polar surface area (TPSA) is 87.7 Å². The highest BCUT2D eigenvalue weighted by molar-refractivity contribution is 6.30. The largest absolute Gasteiger partial charge is 0.469 e. The number of ether oxygens (including phenoxy) is 1. The molecular formula is C14H18ClN3O4. The molecule has 0 aromatic heterocycles. The Morgan fingerprint density at radius 2 is 1.82 bits per heavy atom. The number of amides is 4. The van der Waals surface area contributed by atoms with E-state index in [0.29, 0.717) is 5.02 Å². The number of urea groups is 2. The Morgan fingerprint density at radius 1 is 1.18 bits per heavy atom. The zero-order valence-electron chi connectivity index (χ0n) is 12.4. The van der Waals surface area contributed by atoms with Crippen LogP contribution in [0.4, 0.5) is 9.59 Å². The van der Waals surface area contributed by atoms with Crippen LogP contribution in [0.1, 0.15) is 12.0 Å². The van der Waals surface area contributed by atoms with Gasteiger partial charge in [-0.3, -0.25) is 4.79 Å². The molecule has 4 amide bonds. The third kappa shape index (κ3) is 5.61. The minimum atomic E-state index is -0.600. The molecule has 0 aliphatic carbocycles. The molecule has 0 fully saturated rings. The quantitative estimate of drug-likeness (QED) is 0.807. The summed E-state index contributed by atoms with van der Waals surface area (Å²) in [4.78, 5) is 35.8. The van der Waals surface area contributed by atoms with E-state index < -0.39 is 18.0 Å². The van der Waals surface area contributed by atoms with Crippen LogP contribution in [0.25, 0.3) is 0 Å². The number of hydrogen-bond acceptors (Lipinski definition) is 4. The van der Waals surface area contributed by atoms with Crippen molar-refractivity contribution in [3.63, 3.8) is 0 Å². The number of hydrogen-bond donors (Lipinski definition) is 2. The van der Waals surface area contributed by atoms with Crippen molar-refractivity contribution in [2.75, 3.05) is 20.7 Å². The van der Waals surface area contributed by atoms with E-state index in [4.69, 9.17) is 11.6 Å². The summed E-state index contributed by atoms with van der Waals surface area (Å²) in [6.07, 6.45) is -0.0711. The van der Waals surface area contributed by atoms with E-state index in [1.807, 2.05) is 0 Å². The fraction of sp³-hybridized carbons (Fsp3) is 0.357. The highest BCUT2D eigenvalue weighted by Crippen LogP contribution is 2.09. The molecule has 0 aliphatic heterocycles. The number of imide groups is 1. The first-order chi connectivity index (χ1) is 10.5. The summed E-state index contributed by atoms with van der Waals surface area (Å²) in [5, 5.41) is 5.55. The van der Waals surface area contributed by atoms with Crippen molar-refractivity contribution in [1.82, 2.24) is 15.5 Å². The maximum absolute atomic E-state index is 12.1. The zero-order chi connectivity index (χ0) is 16.5. The van der Waals surface area contributed by atoms with Crippen molar-refractivity contribution < 1.29 is 19.1 Å². The number of nitrogens with zero attached hydrogens (tertiary/aromatic N) is 1. The van der Waals surface area contributed by atoms with Gasteiger partial charge in [0.2, 0.25) is 0 Å². The van der Waals surface area contributed by atoms with Crippen LogP contribution >= 0.6 is 11.6 Å². The first-order valence-electron chi connectivity index (χ1n) is 6.56. The number of rotatable bonds is 5. The second kappa shape index (κ2) is 8.89. The molecule has 0 radical (unpaired) electrons. The van der Waals surface area contributed by atoms with E-state index in [9.17, 15) is 14.4 Å². The molecule has 0 bridgehead atoms. The van der Waals surface area contributed by atoms with E-state index in [-0.39, 0.29) is 19.5 Å². The molecule has 7 nitrogen and oxygen atoms in total. The van der Waals surface area contributed by atoms with Gasteiger partial charge < -0.3 is 15.4 Å². The highest BCUT2D eigenvalue weighted by Gasteiger charge is 2.21. The average Bonchev–Trinajstić information content (AvgIpc) is 2.53. The fourth-order valence-corrected chi connectivity index (χ4v) is 1.74. The Hall–Kier alpha value is -2.28. The SMILES string of the molecule is CNC(=O)N(CCC(=O)OC)C(=O)NCc1ccc(Cl)cc1. The smallest absolute Gasteiger partial charge is 0.325 e. The van der Waals surface area contributed by atoms with Crippen molar-refractivity contribution in [2.45, 2.75) is 13.0 Å². The van der Waals surface area contributed by atoms with Gasteiger partial charge in [-0.25, -0.2) is 14.5 Å². The number of halogens is 1. The second-order valence-corrected chi connectivity index (χ2v) is 4.75. The molecule has 0 saturated carbocycles. The first kappa shape index (κ1) is 17.8. The molecule has 22 heavy (non-hydrogen) atoms. The third-order valence-electron chi connectivity index (χ3n) is 2.83. The molecule has 0 atom stereocenters. The van der Waals surface area contributed by atoms with Crippen LogP contribution in [0.5, 0.6) is 0 Å². The Kier molecular flexibility index (Phi) is 7.18. The van der Waals surface area contributed by atoms with Crippen molar-refractivity contribution in [3.05, 3.63) is 34.9 Å². The van der Waals surface area contributed by atoms with Crippen molar-refractivity contribution in [2.24, 2.45) is 0 Å².